The number of imide groups is 1. The number of hydrogen-bond acceptors (Lipinski definition) is 6. The van der Waals surface area contributed by atoms with E-state index in [1.807, 2.05) is 24.0 Å². The number of likely N-dealkylation sites (tertiary alicyclic amines) is 1. The van der Waals surface area contributed by atoms with E-state index in [1.54, 1.807) is 11.0 Å². The summed E-state index contributed by atoms with van der Waals surface area (Å²) in [5.74, 6) is -0.284. The number of aryl methyl sites for hydroxylation is 1. The molecular formula is C24H33N5O4. The Morgan fingerprint density at radius 2 is 1.85 bits per heavy atom. The van der Waals surface area contributed by atoms with E-state index in [-0.39, 0.29) is 23.8 Å². The fourth-order valence-electron chi connectivity index (χ4n) is 5.58. The number of nitrogens with zero attached hydrogens (tertiary/aromatic N) is 3. The Morgan fingerprint density at radius 1 is 1.09 bits per heavy atom. The minimum absolute atomic E-state index is 0.0174. The maximum Gasteiger partial charge on any atom is 0.328 e. The zero-order chi connectivity index (χ0) is 23.0. The van der Waals surface area contributed by atoms with Crippen LogP contribution in [0.3, 0.4) is 0 Å². The topological polar surface area (TPSA) is 94.2 Å². The van der Waals surface area contributed by atoms with Crippen molar-refractivity contribution in [2.75, 3.05) is 57.3 Å². The third kappa shape index (κ3) is 4.49. The Balaban J connectivity index is 1.22. The van der Waals surface area contributed by atoms with Gasteiger partial charge in [-0.15, -0.1) is 0 Å². The summed E-state index contributed by atoms with van der Waals surface area (Å²) < 4.78 is 6.34. The molecule has 4 amide bonds. The third-order valence-electron chi connectivity index (χ3n) is 7.62. The van der Waals surface area contributed by atoms with Crippen LogP contribution in [0.2, 0.25) is 0 Å². The smallest absolute Gasteiger partial charge is 0.328 e. The number of piperazine rings is 1. The second-order valence-corrected chi connectivity index (χ2v) is 9.69. The number of amides is 4. The number of hydrogen-bond donors (Lipinski definition) is 2. The Hall–Kier alpha value is -2.49. The van der Waals surface area contributed by atoms with Gasteiger partial charge in [-0.1, -0.05) is 6.07 Å². The van der Waals surface area contributed by atoms with Crippen molar-refractivity contribution in [2.45, 2.75) is 44.2 Å². The maximum atomic E-state index is 13.3. The summed E-state index contributed by atoms with van der Waals surface area (Å²) in [5, 5.41) is 5.76. The number of benzene rings is 1. The average Bonchev–Trinajstić information content (AvgIpc) is 3.24. The number of ether oxygens (including phenoxy) is 1. The van der Waals surface area contributed by atoms with Crippen LogP contribution in [0.4, 0.5) is 10.5 Å². The quantitative estimate of drug-likeness (QED) is 0.709. The van der Waals surface area contributed by atoms with E-state index >= 15 is 0 Å². The van der Waals surface area contributed by atoms with Crippen molar-refractivity contribution in [3.8, 4) is 0 Å². The number of carbonyl (C=O) groups excluding carboxylic acids is 3. The summed E-state index contributed by atoms with van der Waals surface area (Å²) in [7, 11) is 0. The molecule has 1 aromatic carbocycles. The summed E-state index contributed by atoms with van der Waals surface area (Å²) in [6, 6.07) is 5.53. The highest BCUT2D eigenvalue weighted by Crippen LogP contribution is 2.38. The van der Waals surface area contributed by atoms with Gasteiger partial charge in [0.25, 0.3) is 5.91 Å². The van der Waals surface area contributed by atoms with Crippen LogP contribution in [0.15, 0.2) is 18.2 Å². The molecule has 4 fully saturated rings. The molecule has 0 aromatic heterocycles. The molecule has 0 bridgehead atoms. The maximum absolute atomic E-state index is 13.3. The first-order valence-corrected chi connectivity index (χ1v) is 12.0. The van der Waals surface area contributed by atoms with Crippen LogP contribution < -0.4 is 15.5 Å². The molecule has 0 aliphatic carbocycles. The number of carbonyl (C=O) groups is 3. The van der Waals surface area contributed by atoms with Gasteiger partial charge in [0.15, 0.2) is 0 Å². The molecule has 1 atom stereocenters. The van der Waals surface area contributed by atoms with E-state index in [2.05, 4.69) is 15.5 Å². The molecule has 1 unspecified atom stereocenters. The molecule has 33 heavy (non-hydrogen) atoms. The molecule has 4 heterocycles. The van der Waals surface area contributed by atoms with E-state index < -0.39 is 6.03 Å². The van der Waals surface area contributed by atoms with Crippen LogP contribution >= 0.6 is 0 Å². The molecule has 9 heteroatoms. The molecule has 4 aliphatic rings. The lowest BCUT2D eigenvalue weighted by Crippen LogP contribution is -2.50. The van der Waals surface area contributed by atoms with Crippen LogP contribution in [-0.2, 0) is 9.53 Å². The first kappa shape index (κ1) is 22.3. The predicted molar refractivity (Wildman–Crippen MR) is 123 cm³/mol. The fourth-order valence-corrected chi connectivity index (χ4v) is 5.58. The zero-order valence-corrected chi connectivity index (χ0v) is 19.3. The van der Waals surface area contributed by atoms with Crippen molar-refractivity contribution in [3.63, 3.8) is 0 Å². The number of rotatable bonds is 3. The van der Waals surface area contributed by atoms with Crippen LogP contribution in [0, 0.1) is 6.92 Å². The van der Waals surface area contributed by atoms with Crippen molar-refractivity contribution < 1.29 is 19.1 Å². The lowest BCUT2D eigenvalue weighted by atomic mass is 9.86. The van der Waals surface area contributed by atoms with E-state index in [9.17, 15) is 14.4 Å². The highest BCUT2D eigenvalue weighted by molar-refractivity contribution is 6.06. The second-order valence-electron chi connectivity index (χ2n) is 9.69. The Kier molecular flexibility index (Phi) is 6.11. The summed E-state index contributed by atoms with van der Waals surface area (Å²) in [4.78, 5) is 43.1. The molecule has 5 rings (SSSR count). The number of nitrogens with one attached hydrogen (secondary N) is 2. The minimum atomic E-state index is -0.434. The Labute approximate surface area is 194 Å². The van der Waals surface area contributed by atoms with Gasteiger partial charge in [-0.2, -0.15) is 0 Å². The van der Waals surface area contributed by atoms with Gasteiger partial charge in [0.1, 0.15) is 0 Å². The molecular weight excluding hydrogens is 422 g/mol. The fraction of sp³-hybridized carbons (Fsp3) is 0.625. The van der Waals surface area contributed by atoms with Crippen molar-refractivity contribution in [2.24, 2.45) is 0 Å². The molecule has 4 saturated heterocycles. The first-order chi connectivity index (χ1) is 15.9. The van der Waals surface area contributed by atoms with E-state index in [0.717, 1.165) is 57.6 Å². The van der Waals surface area contributed by atoms with Gasteiger partial charge < -0.3 is 15.0 Å². The lowest BCUT2D eigenvalue weighted by molar-refractivity contribution is -0.120. The van der Waals surface area contributed by atoms with Gasteiger partial charge in [0.2, 0.25) is 5.91 Å². The minimum Gasteiger partial charge on any atom is -0.373 e. The molecule has 1 spiro atoms. The highest BCUT2D eigenvalue weighted by atomic mass is 16.5. The SMILES string of the molecule is Cc1ccc(C(=O)N2CCC3(CC2)CC(N2CCNCC2)CO3)cc1N1CCC(=O)NC1=O. The van der Waals surface area contributed by atoms with Crippen molar-refractivity contribution in [1.29, 1.82) is 0 Å². The van der Waals surface area contributed by atoms with E-state index in [1.165, 1.54) is 0 Å². The molecule has 0 radical (unpaired) electrons. The van der Waals surface area contributed by atoms with Crippen molar-refractivity contribution in [3.05, 3.63) is 29.3 Å². The molecule has 178 valence electrons. The average molecular weight is 456 g/mol. The van der Waals surface area contributed by atoms with Gasteiger partial charge in [0.05, 0.1) is 12.2 Å². The number of anilines is 1. The Morgan fingerprint density at radius 3 is 2.58 bits per heavy atom. The number of piperidine rings is 1. The standard InChI is InChI=1S/C24H33N5O4/c1-17-2-3-18(14-20(17)29-9-4-21(30)26-23(29)32)22(31)28-10-5-24(6-11-28)15-19(16-33-24)27-12-7-25-8-13-27/h2-3,14,19,25H,4-13,15-16H2,1H3,(H,26,30,32). The molecule has 2 N–H and O–H groups in total. The lowest BCUT2D eigenvalue weighted by Gasteiger charge is -2.39. The monoisotopic (exact) mass is 455 g/mol. The second kappa shape index (κ2) is 9.04. The predicted octanol–water partition coefficient (Wildman–Crippen LogP) is 1.11. The molecule has 0 saturated carbocycles. The van der Waals surface area contributed by atoms with Gasteiger partial charge >= 0.3 is 6.03 Å². The summed E-state index contributed by atoms with van der Waals surface area (Å²) in [5.41, 5.74) is 2.04. The highest BCUT2D eigenvalue weighted by Gasteiger charge is 2.45. The zero-order valence-electron chi connectivity index (χ0n) is 19.3. The van der Waals surface area contributed by atoms with Gasteiger partial charge in [0, 0.05) is 69.5 Å². The normalized spacial score (nSPS) is 26.0. The largest absolute Gasteiger partial charge is 0.373 e. The van der Waals surface area contributed by atoms with Crippen LogP contribution in [0.25, 0.3) is 0 Å². The van der Waals surface area contributed by atoms with Crippen molar-refractivity contribution in [1.82, 2.24) is 20.4 Å². The summed E-state index contributed by atoms with van der Waals surface area (Å²) in [6.07, 6.45) is 3.02. The molecule has 9 nitrogen and oxygen atoms in total. The molecule has 1 aromatic rings. The summed E-state index contributed by atoms with van der Waals surface area (Å²) in [6.45, 7) is 8.60. The number of urea groups is 1. The van der Waals surface area contributed by atoms with E-state index in [0.29, 0.717) is 36.9 Å². The van der Waals surface area contributed by atoms with Crippen LogP contribution in [0.1, 0.15) is 41.6 Å². The van der Waals surface area contributed by atoms with E-state index in [4.69, 9.17) is 4.74 Å². The van der Waals surface area contributed by atoms with Crippen LogP contribution in [0.5, 0.6) is 0 Å². The first-order valence-electron chi connectivity index (χ1n) is 12.0. The van der Waals surface area contributed by atoms with Gasteiger partial charge in [-0.05, 0) is 43.9 Å². The van der Waals surface area contributed by atoms with Crippen molar-refractivity contribution >= 4 is 23.5 Å². The van der Waals surface area contributed by atoms with Crippen LogP contribution in [-0.4, -0.2) is 91.7 Å². The third-order valence-corrected chi connectivity index (χ3v) is 7.62. The molecule has 4 aliphatic heterocycles. The summed E-state index contributed by atoms with van der Waals surface area (Å²) >= 11 is 0. The van der Waals surface area contributed by atoms with Gasteiger partial charge in [-0.25, -0.2) is 4.79 Å². The Bertz CT molecular complexity index is 937. The van der Waals surface area contributed by atoms with Gasteiger partial charge in [-0.3, -0.25) is 24.7 Å².